The van der Waals surface area contributed by atoms with E-state index in [1.165, 1.54) is 0 Å². The van der Waals surface area contributed by atoms with Crippen molar-refractivity contribution in [3.8, 4) is 0 Å². The highest BCUT2D eigenvalue weighted by molar-refractivity contribution is 9.10. The summed E-state index contributed by atoms with van der Waals surface area (Å²) in [6.07, 6.45) is 0. The Morgan fingerprint density at radius 1 is 1.50 bits per heavy atom. The lowest BCUT2D eigenvalue weighted by Gasteiger charge is -2.40. The van der Waals surface area contributed by atoms with Crippen LogP contribution in [-0.2, 0) is 15.1 Å². The summed E-state index contributed by atoms with van der Waals surface area (Å²) in [6.45, 7) is 4.38. The Labute approximate surface area is 114 Å². The third-order valence-electron chi connectivity index (χ3n) is 3.34. The zero-order chi connectivity index (χ0) is 13.2. The van der Waals surface area contributed by atoms with E-state index in [4.69, 9.17) is 10.5 Å². The number of primary amides is 1. The van der Waals surface area contributed by atoms with Crippen LogP contribution in [0.1, 0.15) is 12.6 Å². The van der Waals surface area contributed by atoms with Gasteiger partial charge in [0.2, 0.25) is 5.91 Å². The van der Waals surface area contributed by atoms with Crippen LogP contribution in [0.4, 0.5) is 0 Å². The van der Waals surface area contributed by atoms with Gasteiger partial charge in [-0.15, -0.1) is 0 Å². The van der Waals surface area contributed by atoms with Gasteiger partial charge in [-0.25, -0.2) is 4.98 Å². The summed E-state index contributed by atoms with van der Waals surface area (Å²) in [5.74, 6) is -0.394. The van der Waals surface area contributed by atoms with Crippen LogP contribution < -0.4 is 5.73 Å². The minimum atomic E-state index is -0.895. The lowest BCUT2D eigenvalue weighted by atomic mass is 9.93. The second kappa shape index (κ2) is 5.34. The van der Waals surface area contributed by atoms with Gasteiger partial charge in [0.05, 0.1) is 18.9 Å². The van der Waals surface area contributed by atoms with Crippen LogP contribution in [0.2, 0.25) is 0 Å². The number of aromatic nitrogens is 1. The first-order valence-electron chi connectivity index (χ1n) is 5.81. The van der Waals surface area contributed by atoms with Crippen molar-refractivity contribution in [1.82, 2.24) is 9.88 Å². The summed E-state index contributed by atoms with van der Waals surface area (Å²) < 4.78 is 6.01. The van der Waals surface area contributed by atoms with E-state index in [1.54, 1.807) is 0 Å². The number of carbonyl (C=O) groups excluding carboxylic acids is 1. The van der Waals surface area contributed by atoms with Crippen LogP contribution in [-0.4, -0.2) is 42.1 Å². The lowest BCUT2D eigenvalue weighted by molar-refractivity contribution is -0.133. The fourth-order valence-corrected chi connectivity index (χ4v) is 2.48. The van der Waals surface area contributed by atoms with E-state index >= 15 is 0 Å². The van der Waals surface area contributed by atoms with Gasteiger partial charge in [-0.3, -0.25) is 9.69 Å². The largest absolute Gasteiger partial charge is 0.379 e. The second-order valence-electron chi connectivity index (χ2n) is 4.38. The van der Waals surface area contributed by atoms with Gasteiger partial charge < -0.3 is 10.5 Å². The number of ether oxygens (including phenoxy) is 1. The number of morpholine rings is 1. The summed E-state index contributed by atoms with van der Waals surface area (Å²) in [5.41, 5.74) is 5.37. The van der Waals surface area contributed by atoms with Crippen LogP contribution in [0, 0.1) is 0 Å². The van der Waals surface area contributed by atoms with Crippen LogP contribution in [0.3, 0.4) is 0 Å². The molecule has 1 atom stereocenters. The van der Waals surface area contributed by atoms with Crippen molar-refractivity contribution in [3.63, 3.8) is 0 Å². The van der Waals surface area contributed by atoms with Gasteiger partial charge in [0.1, 0.15) is 10.1 Å². The molecule has 5 nitrogen and oxygen atoms in total. The number of amides is 1. The Kier molecular flexibility index (Phi) is 3.99. The SMILES string of the molecule is CC(C(N)=O)(c1cccc(Br)n1)N1CCOCC1. The highest BCUT2D eigenvalue weighted by Crippen LogP contribution is 2.28. The Balaban J connectivity index is 2.39. The monoisotopic (exact) mass is 313 g/mol. The van der Waals surface area contributed by atoms with Crippen molar-refractivity contribution < 1.29 is 9.53 Å². The molecule has 98 valence electrons. The van der Waals surface area contributed by atoms with E-state index in [1.807, 2.05) is 30.0 Å². The molecular weight excluding hydrogens is 298 g/mol. The number of nitrogens with zero attached hydrogens (tertiary/aromatic N) is 2. The topological polar surface area (TPSA) is 68.5 Å². The summed E-state index contributed by atoms with van der Waals surface area (Å²) in [7, 11) is 0. The first-order chi connectivity index (χ1) is 8.55. The Bertz CT molecular complexity index is 449. The van der Waals surface area contributed by atoms with Crippen molar-refractivity contribution >= 4 is 21.8 Å². The van der Waals surface area contributed by atoms with Crippen molar-refractivity contribution in [2.45, 2.75) is 12.5 Å². The van der Waals surface area contributed by atoms with E-state index in [-0.39, 0.29) is 0 Å². The maximum absolute atomic E-state index is 11.9. The minimum Gasteiger partial charge on any atom is -0.379 e. The van der Waals surface area contributed by atoms with Crippen molar-refractivity contribution in [2.75, 3.05) is 26.3 Å². The smallest absolute Gasteiger partial charge is 0.243 e. The molecule has 2 N–H and O–H groups in total. The third-order valence-corrected chi connectivity index (χ3v) is 3.78. The standard InChI is InChI=1S/C12H16BrN3O2/c1-12(11(14)17,16-5-7-18-8-6-16)9-3-2-4-10(13)15-9/h2-4H,5-8H2,1H3,(H2,14,17). The summed E-state index contributed by atoms with van der Waals surface area (Å²) in [5, 5.41) is 0. The molecule has 1 amide bonds. The van der Waals surface area contributed by atoms with E-state index in [0.29, 0.717) is 36.6 Å². The fourth-order valence-electron chi connectivity index (χ4n) is 2.13. The molecule has 0 aliphatic carbocycles. The first-order valence-corrected chi connectivity index (χ1v) is 6.60. The molecule has 2 heterocycles. The number of nitrogens with two attached hydrogens (primary N) is 1. The van der Waals surface area contributed by atoms with E-state index < -0.39 is 11.4 Å². The van der Waals surface area contributed by atoms with Gasteiger partial charge >= 0.3 is 0 Å². The number of pyridine rings is 1. The maximum atomic E-state index is 11.9. The molecule has 0 spiro atoms. The molecule has 1 aliphatic rings. The lowest BCUT2D eigenvalue weighted by Crippen LogP contribution is -2.56. The molecule has 0 aromatic carbocycles. The van der Waals surface area contributed by atoms with Gasteiger partial charge in [-0.1, -0.05) is 6.07 Å². The van der Waals surface area contributed by atoms with Crippen LogP contribution >= 0.6 is 15.9 Å². The van der Waals surface area contributed by atoms with Gasteiger partial charge in [0.25, 0.3) is 0 Å². The van der Waals surface area contributed by atoms with E-state index in [9.17, 15) is 4.79 Å². The van der Waals surface area contributed by atoms with Gasteiger partial charge in [-0.2, -0.15) is 0 Å². The summed E-state index contributed by atoms with van der Waals surface area (Å²) in [4.78, 5) is 18.3. The van der Waals surface area contributed by atoms with Gasteiger partial charge in [-0.05, 0) is 35.0 Å². The Morgan fingerprint density at radius 2 is 2.17 bits per heavy atom. The van der Waals surface area contributed by atoms with Gasteiger partial charge in [0.15, 0.2) is 0 Å². The molecule has 1 aromatic rings. The quantitative estimate of drug-likeness (QED) is 0.841. The summed E-state index contributed by atoms with van der Waals surface area (Å²) >= 11 is 3.32. The molecule has 1 aromatic heterocycles. The molecule has 1 unspecified atom stereocenters. The number of halogens is 1. The predicted octanol–water partition coefficient (Wildman–Crippen LogP) is 0.877. The number of carbonyl (C=O) groups is 1. The fraction of sp³-hybridized carbons (Fsp3) is 0.500. The second-order valence-corrected chi connectivity index (χ2v) is 5.19. The Hall–Kier alpha value is -0.980. The number of hydrogen-bond donors (Lipinski definition) is 1. The Morgan fingerprint density at radius 3 is 2.72 bits per heavy atom. The molecule has 1 saturated heterocycles. The zero-order valence-electron chi connectivity index (χ0n) is 10.2. The van der Waals surface area contributed by atoms with E-state index in [2.05, 4.69) is 20.9 Å². The third kappa shape index (κ3) is 2.41. The molecule has 1 aliphatic heterocycles. The van der Waals surface area contributed by atoms with E-state index in [0.717, 1.165) is 0 Å². The average molecular weight is 314 g/mol. The van der Waals surface area contributed by atoms with Crippen LogP contribution in [0.5, 0.6) is 0 Å². The summed E-state index contributed by atoms with van der Waals surface area (Å²) in [6, 6.07) is 5.50. The maximum Gasteiger partial charge on any atom is 0.243 e. The molecule has 2 rings (SSSR count). The van der Waals surface area contributed by atoms with Crippen LogP contribution in [0.15, 0.2) is 22.8 Å². The highest BCUT2D eigenvalue weighted by atomic mass is 79.9. The molecule has 18 heavy (non-hydrogen) atoms. The zero-order valence-corrected chi connectivity index (χ0v) is 11.8. The predicted molar refractivity (Wildman–Crippen MR) is 70.9 cm³/mol. The normalized spacial score (nSPS) is 20.3. The van der Waals surface area contributed by atoms with Crippen molar-refractivity contribution in [3.05, 3.63) is 28.5 Å². The molecule has 0 bridgehead atoms. The molecule has 0 radical (unpaired) electrons. The molecule has 6 heteroatoms. The molecule has 1 fully saturated rings. The molecular formula is C12H16BrN3O2. The highest BCUT2D eigenvalue weighted by Gasteiger charge is 2.41. The number of rotatable bonds is 3. The van der Waals surface area contributed by atoms with Crippen molar-refractivity contribution in [2.24, 2.45) is 5.73 Å². The average Bonchev–Trinajstić information content (AvgIpc) is 2.38. The van der Waals surface area contributed by atoms with Crippen LogP contribution in [0.25, 0.3) is 0 Å². The number of hydrogen-bond acceptors (Lipinski definition) is 4. The molecule has 0 saturated carbocycles. The van der Waals surface area contributed by atoms with Crippen molar-refractivity contribution in [1.29, 1.82) is 0 Å². The first kappa shape index (κ1) is 13.5. The van der Waals surface area contributed by atoms with Gasteiger partial charge in [0, 0.05) is 13.1 Å². The minimum absolute atomic E-state index is 0.394.